The first kappa shape index (κ1) is 16.3. The van der Waals surface area contributed by atoms with E-state index in [-0.39, 0.29) is 0 Å². The van der Waals surface area contributed by atoms with Crippen molar-refractivity contribution in [1.82, 2.24) is 0 Å². The second-order valence-electron chi connectivity index (χ2n) is 7.17. The van der Waals surface area contributed by atoms with Gasteiger partial charge in [-0.2, -0.15) is 0 Å². The van der Waals surface area contributed by atoms with E-state index in [2.05, 4.69) is 43.3 Å². The number of aryl methyl sites for hydroxylation is 2. The third kappa shape index (κ3) is 3.18. The molecule has 128 valence electrons. The van der Waals surface area contributed by atoms with Crippen molar-refractivity contribution >= 4 is 10.8 Å². The Morgan fingerprint density at radius 3 is 2.40 bits per heavy atom. The molecule has 25 heavy (non-hydrogen) atoms. The zero-order valence-corrected chi connectivity index (χ0v) is 14.5. The molecule has 0 amide bonds. The lowest BCUT2D eigenvalue weighted by Crippen LogP contribution is -2.13. The van der Waals surface area contributed by atoms with E-state index in [4.69, 9.17) is 0 Å². The maximum Gasteiger partial charge on any atom is 0.159 e. The number of hydrogen-bond donors (Lipinski definition) is 0. The van der Waals surface area contributed by atoms with Crippen molar-refractivity contribution in [3.05, 3.63) is 82.4 Å². The van der Waals surface area contributed by atoms with Gasteiger partial charge < -0.3 is 0 Å². The van der Waals surface area contributed by atoms with E-state index in [1.54, 1.807) is 0 Å². The van der Waals surface area contributed by atoms with Gasteiger partial charge in [-0.25, -0.2) is 8.78 Å². The van der Waals surface area contributed by atoms with Crippen molar-refractivity contribution in [3.63, 3.8) is 0 Å². The highest BCUT2D eigenvalue weighted by Gasteiger charge is 2.22. The molecule has 0 spiro atoms. The zero-order valence-electron chi connectivity index (χ0n) is 14.5. The second kappa shape index (κ2) is 6.59. The Morgan fingerprint density at radius 2 is 1.60 bits per heavy atom. The Morgan fingerprint density at radius 1 is 0.880 bits per heavy atom. The van der Waals surface area contributed by atoms with Crippen LogP contribution in [0.2, 0.25) is 0 Å². The standard InChI is InChI=1S/C23H22F2/c1-2-3-15-4-5-17-11-18(7-6-16(17)10-15)19-8-9-20-13-22(24)23(25)14-21(20)12-19/h4-7,10-11,13-14,19H,2-3,8-9,12H2,1H3. The van der Waals surface area contributed by atoms with Crippen LogP contribution >= 0.6 is 0 Å². The Hall–Kier alpha value is -2.22. The summed E-state index contributed by atoms with van der Waals surface area (Å²) in [7, 11) is 0. The number of fused-ring (bicyclic) bond motifs is 2. The Balaban J connectivity index is 1.63. The van der Waals surface area contributed by atoms with Crippen LogP contribution in [-0.4, -0.2) is 0 Å². The number of hydrogen-bond acceptors (Lipinski definition) is 0. The van der Waals surface area contributed by atoms with E-state index in [1.165, 1.54) is 34.0 Å². The SMILES string of the molecule is CCCc1ccc2cc(C3CCc4cc(F)c(F)cc4C3)ccc2c1. The van der Waals surface area contributed by atoms with Gasteiger partial charge in [-0.05, 0) is 76.8 Å². The highest BCUT2D eigenvalue weighted by atomic mass is 19.2. The van der Waals surface area contributed by atoms with E-state index in [0.717, 1.165) is 43.2 Å². The van der Waals surface area contributed by atoms with Gasteiger partial charge in [0.15, 0.2) is 11.6 Å². The average molecular weight is 336 g/mol. The molecule has 0 bridgehead atoms. The first-order valence-electron chi connectivity index (χ1n) is 9.13. The minimum atomic E-state index is -0.735. The topological polar surface area (TPSA) is 0 Å². The summed E-state index contributed by atoms with van der Waals surface area (Å²) in [5.41, 5.74) is 4.59. The monoisotopic (exact) mass is 336 g/mol. The molecule has 0 fully saturated rings. The number of rotatable bonds is 3. The van der Waals surface area contributed by atoms with Gasteiger partial charge in [0.1, 0.15) is 0 Å². The van der Waals surface area contributed by atoms with Crippen LogP contribution in [0.25, 0.3) is 10.8 Å². The first-order chi connectivity index (χ1) is 12.1. The molecule has 3 aromatic rings. The number of halogens is 2. The highest BCUT2D eigenvalue weighted by molar-refractivity contribution is 5.84. The molecule has 1 aliphatic carbocycles. The molecule has 0 saturated carbocycles. The summed E-state index contributed by atoms with van der Waals surface area (Å²) >= 11 is 0. The zero-order chi connectivity index (χ0) is 17.4. The summed E-state index contributed by atoms with van der Waals surface area (Å²) in [6, 6.07) is 16.1. The summed E-state index contributed by atoms with van der Waals surface area (Å²) in [6.45, 7) is 2.20. The van der Waals surface area contributed by atoms with Crippen LogP contribution in [0.15, 0.2) is 48.5 Å². The Kier molecular flexibility index (Phi) is 4.29. The van der Waals surface area contributed by atoms with Crippen LogP contribution in [0, 0.1) is 11.6 Å². The minimum Gasteiger partial charge on any atom is -0.204 e. The van der Waals surface area contributed by atoms with Crippen molar-refractivity contribution < 1.29 is 8.78 Å². The van der Waals surface area contributed by atoms with Crippen LogP contribution < -0.4 is 0 Å². The van der Waals surface area contributed by atoms with E-state index in [0.29, 0.717) is 5.92 Å². The predicted octanol–water partition coefficient (Wildman–Crippen LogP) is 6.34. The third-order valence-corrected chi connectivity index (χ3v) is 5.41. The van der Waals surface area contributed by atoms with Gasteiger partial charge >= 0.3 is 0 Å². The molecule has 0 radical (unpaired) electrons. The maximum atomic E-state index is 13.6. The van der Waals surface area contributed by atoms with Gasteiger partial charge in [-0.3, -0.25) is 0 Å². The first-order valence-corrected chi connectivity index (χ1v) is 9.13. The molecular weight excluding hydrogens is 314 g/mol. The van der Waals surface area contributed by atoms with Crippen LogP contribution in [-0.2, 0) is 19.3 Å². The van der Waals surface area contributed by atoms with Gasteiger partial charge in [0.05, 0.1) is 0 Å². The van der Waals surface area contributed by atoms with Crippen molar-refractivity contribution in [2.45, 2.75) is 44.9 Å². The normalized spacial score (nSPS) is 16.8. The van der Waals surface area contributed by atoms with E-state index in [9.17, 15) is 8.78 Å². The average Bonchev–Trinajstić information content (AvgIpc) is 2.62. The summed E-state index contributed by atoms with van der Waals surface area (Å²) in [5, 5.41) is 2.53. The molecule has 2 heteroatoms. The molecule has 1 aliphatic rings. The van der Waals surface area contributed by atoms with E-state index < -0.39 is 11.6 Å². The lowest BCUT2D eigenvalue weighted by Gasteiger charge is -2.25. The van der Waals surface area contributed by atoms with Crippen LogP contribution in [0.3, 0.4) is 0 Å². The fourth-order valence-electron chi connectivity index (χ4n) is 4.05. The fourth-order valence-corrected chi connectivity index (χ4v) is 4.05. The molecule has 0 aromatic heterocycles. The summed E-state index contributed by atoms with van der Waals surface area (Å²) in [4.78, 5) is 0. The van der Waals surface area contributed by atoms with E-state index >= 15 is 0 Å². The summed E-state index contributed by atoms with van der Waals surface area (Å²) in [6.07, 6.45) is 4.84. The van der Waals surface area contributed by atoms with Crippen LogP contribution in [0.5, 0.6) is 0 Å². The molecule has 0 N–H and O–H groups in total. The second-order valence-corrected chi connectivity index (χ2v) is 7.17. The van der Waals surface area contributed by atoms with Crippen molar-refractivity contribution in [3.8, 4) is 0 Å². The van der Waals surface area contributed by atoms with Crippen LogP contribution in [0.4, 0.5) is 8.78 Å². The smallest absolute Gasteiger partial charge is 0.159 e. The Bertz CT molecular complexity index is 927. The predicted molar refractivity (Wildman–Crippen MR) is 99.1 cm³/mol. The van der Waals surface area contributed by atoms with E-state index in [1.807, 2.05) is 0 Å². The molecular formula is C23H22F2. The van der Waals surface area contributed by atoms with Crippen LogP contribution in [0.1, 0.15) is 47.9 Å². The Labute approximate surface area is 147 Å². The highest BCUT2D eigenvalue weighted by Crippen LogP contribution is 2.35. The van der Waals surface area contributed by atoms with Crippen molar-refractivity contribution in [2.24, 2.45) is 0 Å². The molecule has 0 saturated heterocycles. The molecule has 4 rings (SSSR count). The maximum absolute atomic E-state index is 13.6. The summed E-state index contributed by atoms with van der Waals surface area (Å²) < 4.78 is 27.0. The van der Waals surface area contributed by atoms with Gasteiger partial charge in [0, 0.05) is 0 Å². The largest absolute Gasteiger partial charge is 0.204 e. The summed E-state index contributed by atoms with van der Waals surface area (Å²) in [5.74, 6) is -1.09. The fraction of sp³-hybridized carbons (Fsp3) is 0.304. The van der Waals surface area contributed by atoms with Gasteiger partial charge in [-0.1, -0.05) is 49.7 Å². The van der Waals surface area contributed by atoms with Gasteiger partial charge in [-0.15, -0.1) is 0 Å². The number of benzene rings is 3. The third-order valence-electron chi connectivity index (χ3n) is 5.41. The molecule has 0 nitrogen and oxygen atoms in total. The molecule has 0 heterocycles. The van der Waals surface area contributed by atoms with Crippen molar-refractivity contribution in [2.75, 3.05) is 0 Å². The molecule has 0 aliphatic heterocycles. The molecule has 1 atom stereocenters. The quantitative estimate of drug-likeness (QED) is 0.523. The lowest BCUT2D eigenvalue weighted by atomic mass is 9.79. The van der Waals surface area contributed by atoms with Crippen molar-refractivity contribution in [1.29, 1.82) is 0 Å². The lowest BCUT2D eigenvalue weighted by molar-refractivity contribution is 0.496. The minimum absolute atomic E-state index is 0.372. The molecule has 3 aromatic carbocycles. The van der Waals surface area contributed by atoms with Gasteiger partial charge in [0.2, 0.25) is 0 Å². The molecule has 1 unspecified atom stereocenters. The van der Waals surface area contributed by atoms with Gasteiger partial charge in [0.25, 0.3) is 0 Å².